The fraction of sp³-hybridized carbons (Fsp3) is 0.500. The molecule has 3 rings (SSSR count). The third-order valence-electron chi connectivity index (χ3n) is 4.90. The van der Waals surface area contributed by atoms with Gasteiger partial charge in [0.25, 0.3) is 0 Å². The number of nitrogens with zero attached hydrogens (tertiary/aromatic N) is 3. The lowest BCUT2D eigenvalue weighted by Crippen LogP contribution is -2.44. The van der Waals surface area contributed by atoms with Gasteiger partial charge in [0.15, 0.2) is 0 Å². The average Bonchev–Trinajstić information content (AvgIpc) is 3.06. The van der Waals surface area contributed by atoms with Crippen LogP contribution in [0.3, 0.4) is 0 Å². The SMILES string of the molecule is Cn1ccnc1CC[C@@H]1CCCCN1C(=O)CCOc1ccccc1. The van der Waals surface area contributed by atoms with Gasteiger partial charge in [-0.3, -0.25) is 4.79 Å². The van der Waals surface area contributed by atoms with E-state index in [1.807, 2.05) is 49.8 Å². The largest absolute Gasteiger partial charge is 0.493 e. The maximum atomic E-state index is 12.7. The minimum atomic E-state index is 0.209. The van der Waals surface area contributed by atoms with Crippen LogP contribution >= 0.6 is 0 Å². The molecule has 1 amide bonds. The second-order valence-electron chi connectivity index (χ2n) is 6.64. The summed E-state index contributed by atoms with van der Waals surface area (Å²) in [4.78, 5) is 19.1. The topological polar surface area (TPSA) is 47.4 Å². The highest BCUT2D eigenvalue weighted by Gasteiger charge is 2.26. The highest BCUT2D eigenvalue weighted by molar-refractivity contribution is 5.76. The number of carbonyl (C=O) groups excluding carboxylic acids is 1. The predicted molar refractivity (Wildman–Crippen MR) is 97.4 cm³/mol. The quantitative estimate of drug-likeness (QED) is 0.777. The minimum Gasteiger partial charge on any atom is -0.493 e. The summed E-state index contributed by atoms with van der Waals surface area (Å²) >= 11 is 0. The van der Waals surface area contributed by atoms with Crippen LogP contribution < -0.4 is 4.74 Å². The monoisotopic (exact) mass is 341 g/mol. The van der Waals surface area contributed by atoms with Gasteiger partial charge in [-0.25, -0.2) is 4.98 Å². The van der Waals surface area contributed by atoms with Crippen molar-refractivity contribution in [3.63, 3.8) is 0 Å². The number of piperidine rings is 1. The molecule has 0 N–H and O–H groups in total. The third-order valence-corrected chi connectivity index (χ3v) is 4.90. The summed E-state index contributed by atoms with van der Waals surface area (Å²) in [6.45, 7) is 1.31. The molecule has 0 bridgehead atoms. The minimum absolute atomic E-state index is 0.209. The Kier molecular flexibility index (Phi) is 6.09. The Morgan fingerprint density at radius 2 is 2.12 bits per heavy atom. The van der Waals surface area contributed by atoms with E-state index in [4.69, 9.17) is 4.74 Å². The number of likely N-dealkylation sites (tertiary alicyclic amines) is 1. The molecule has 25 heavy (non-hydrogen) atoms. The first-order valence-electron chi connectivity index (χ1n) is 9.17. The molecule has 5 nitrogen and oxygen atoms in total. The summed E-state index contributed by atoms with van der Waals surface area (Å²) in [5, 5.41) is 0. The zero-order chi connectivity index (χ0) is 17.5. The van der Waals surface area contributed by atoms with Crippen molar-refractivity contribution in [2.45, 2.75) is 44.6 Å². The Labute approximate surface area is 149 Å². The standard InChI is InChI=1S/C20H27N3O2/c1-22-15-13-21-19(22)11-10-17-7-5-6-14-23(17)20(24)12-16-25-18-8-3-2-4-9-18/h2-4,8-9,13,15,17H,5-7,10-12,14,16H2,1H3/t17-/m0/s1. The lowest BCUT2D eigenvalue weighted by atomic mass is 9.97. The molecule has 0 aliphatic carbocycles. The van der Waals surface area contributed by atoms with Crippen LogP contribution in [0.2, 0.25) is 0 Å². The van der Waals surface area contributed by atoms with Crippen molar-refractivity contribution >= 4 is 5.91 Å². The van der Waals surface area contributed by atoms with E-state index < -0.39 is 0 Å². The Bertz CT molecular complexity index is 669. The van der Waals surface area contributed by atoms with Crippen LogP contribution in [0.4, 0.5) is 0 Å². The highest BCUT2D eigenvalue weighted by Crippen LogP contribution is 2.22. The number of aromatic nitrogens is 2. The molecule has 2 heterocycles. The van der Waals surface area contributed by atoms with Crippen molar-refractivity contribution in [2.24, 2.45) is 7.05 Å². The zero-order valence-corrected chi connectivity index (χ0v) is 14.9. The number of imidazole rings is 1. The zero-order valence-electron chi connectivity index (χ0n) is 14.9. The highest BCUT2D eigenvalue weighted by atomic mass is 16.5. The van der Waals surface area contributed by atoms with E-state index in [-0.39, 0.29) is 5.91 Å². The molecule has 2 aromatic rings. The Morgan fingerprint density at radius 1 is 1.28 bits per heavy atom. The first kappa shape index (κ1) is 17.5. The number of aryl methyl sites for hydroxylation is 2. The van der Waals surface area contributed by atoms with E-state index in [9.17, 15) is 4.79 Å². The molecule has 0 saturated carbocycles. The van der Waals surface area contributed by atoms with Crippen LogP contribution in [0.15, 0.2) is 42.7 Å². The molecule has 0 unspecified atom stereocenters. The summed E-state index contributed by atoms with van der Waals surface area (Å²) < 4.78 is 7.73. The van der Waals surface area contributed by atoms with Crippen LogP contribution in [0, 0.1) is 0 Å². The number of benzene rings is 1. The van der Waals surface area contributed by atoms with Gasteiger partial charge in [-0.2, -0.15) is 0 Å². The second kappa shape index (κ2) is 8.70. The van der Waals surface area contributed by atoms with Gasteiger partial charge in [0, 0.05) is 38.4 Å². The van der Waals surface area contributed by atoms with Crippen LogP contribution in [-0.4, -0.2) is 39.6 Å². The van der Waals surface area contributed by atoms with Crippen molar-refractivity contribution in [1.82, 2.24) is 14.5 Å². The van der Waals surface area contributed by atoms with Gasteiger partial charge < -0.3 is 14.2 Å². The van der Waals surface area contributed by atoms with E-state index in [1.165, 1.54) is 6.42 Å². The van der Waals surface area contributed by atoms with Crippen molar-refractivity contribution in [3.8, 4) is 5.75 Å². The maximum absolute atomic E-state index is 12.7. The van der Waals surface area contributed by atoms with Crippen molar-refractivity contribution in [3.05, 3.63) is 48.5 Å². The smallest absolute Gasteiger partial charge is 0.226 e. The molecule has 134 valence electrons. The molecule has 1 aromatic carbocycles. The first-order chi connectivity index (χ1) is 12.2. The second-order valence-corrected chi connectivity index (χ2v) is 6.64. The maximum Gasteiger partial charge on any atom is 0.226 e. The number of hydrogen-bond acceptors (Lipinski definition) is 3. The molecular weight excluding hydrogens is 314 g/mol. The van der Waals surface area contributed by atoms with E-state index in [0.29, 0.717) is 19.1 Å². The summed E-state index contributed by atoms with van der Waals surface area (Å²) in [5.74, 6) is 2.12. The average molecular weight is 341 g/mol. The van der Waals surface area contributed by atoms with E-state index in [0.717, 1.165) is 43.8 Å². The van der Waals surface area contributed by atoms with E-state index >= 15 is 0 Å². The number of ether oxygens (including phenoxy) is 1. The molecule has 1 fully saturated rings. The van der Waals surface area contributed by atoms with Gasteiger partial charge in [0.05, 0.1) is 13.0 Å². The Morgan fingerprint density at radius 3 is 2.88 bits per heavy atom. The molecule has 5 heteroatoms. The summed E-state index contributed by atoms with van der Waals surface area (Å²) in [7, 11) is 2.02. The van der Waals surface area contributed by atoms with Gasteiger partial charge in [0.1, 0.15) is 11.6 Å². The number of carbonyl (C=O) groups is 1. The predicted octanol–water partition coefficient (Wildman–Crippen LogP) is 3.20. The first-order valence-corrected chi connectivity index (χ1v) is 9.17. The number of para-hydroxylation sites is 1. The van der Waals surface area contributed by atoms with Crippen molar-refractivity contribution < 1.29 is 9.53 Å². The normalized spacial score (nSPS) is 17.5. The molecule has 1 aliphatic heterocycles. The molecular formula is C20H27N3O2. The molecule has 1 saturated heterocycles. The van der Waals surface area contributed by atoms with E-state index in [2.05, 4.69) is 14.5 Å². The number of hydrogen-bond donors (Lipinski definition) is 0. The van der Waals surface area contributed by atoms with Crippen molar-refractivity contribution in [2.75, 3.05) is 13.2 Å². The van der Waals surface area contributed by atoms with Gasteiger partial charge in [0.2, 0.25) is 5.91 Å². The van der Waals surface area contributed by atoms with Gasteiger partial charge in [-0.1, -0.05) is 18.2 Å². The Hall–Kier alpha value is -2.30. The molecule has 1 atom stereocenters. The fourth-order valence-electron chi connectivity index (χ4n) is 3.48. The van der Waals surface area contributed by atoms with Crippen LogP contribution in [0.1, 0.15) is 37.9 Å². The lowest BCUT2D eigenvalue weighted by Gasteiger charge is -2.36. The molecule has 0 spiro atoms. The third kappa shape index (κ3) is 4.84. The van der Waals surface area contributed by atoms with Crippen LogP contribution in [-0.2, 0) is 18.3 Å². The van der Waals surface area contributed by atoms with E-state index in [1.54, 1.807) is 0 Å². The number of rotatable bonds is 7. The number of amides is 1. The molecule has 1 aromatic heterocycles. The molecule has 1 aliphatic rings. The molecule has 0 radical (unpaired) electrons. The van der Waals surface area contributed by atoms with Gasteiger partial charge in [-0.05, 0) is 37.8 Å². The summed E-state index contributed by atoms with van der Waals surface area (Å²) in [6.07, 6.45) is 9.54. The van der Waals surface area contributed by atoms with Crippen LogP contribution in [0.5, 0.6) is 5.75 Å². The fourth-order valence-corrected chi connectivity index (χ4v) is 3.48. The summed E-state index contributed by atoms with van der Waals surface area (Å²) in [6, 6.07) is 10.00. The van der Waals surface area contributed by atoms with Gasteiger partial charge in [-0.15, -0.1) is 0 Å². The van der Waals surface area contributed by atoms with Crippen molar-refractivity contribution in [1.29, 1.82) is 0 Å². The lowest BCUT2D eigenvalue weighted by molar-refractivity contribution is -0.135. The summed E-state index contributed by atoms with van der Waals surface area (Å²) in [5.41, 5.74) is 0. The Balaban J connectivity index is 1.49. The van der Waals surface area contributed by atoms with Gasteiger partial charge >= 0.3 is 0 Å². The van der Waals surface area contributed by atoms with Crippen LogP contribution in [0.25, 0.3) is 0 Å².